The standard InChI is InChI=1S/C21H19N5O3S/c1-4-13-5-7-14(8-6-13)15-10-30-19(17(15)20(28)29-3)25-18(27)16-9-12(2)24-21-22-11-23-26(16)21/h5-11H,4H2,1-3H3,(H,25,27). The third-order valence-electron chi connectivity index (χ3n) is 4.69. The number of hydrogen-bond acceptors (Lipinski definition) is 7. The molecule has 1 amide bonds. The largest absolute Gasteiger partial charge is 0.465 e. The number of amides is 1. The van der Waals surface area contributed by atoms with Crippen molar-refractivity contribution in [2.45, 2.75) is 20.3 Å². The minimum Gasteiger partial charge on any atom is -0.465 e. The predicted octanol–water partition coefficient (Wildman–Crippen LogP) is 3.76. The molecule has 0 aliphatic rings. The zero-order chi connectivity index (χ0) is 21.3. The molecule has 30 heavy (non-hydrogen) atoms. The summed E-state index contributed by atoms with van der Waals surface area (Å²) in [5.41, 5.74) is 4.02. The molecule has 1 aromatic carbocycles. The van der Waals surface area contributed by atoms with E-state index in [0.29, 0.717) is 27.6 Å². The maximum atomic E-state index is 13.0. The summed E-state index contributed by atoms with van der Waals surface area (Å²) in [6.07, 6.45) is 2.26. The van der Waals surface area contributed by atoms with E-state index in [0.717, 1.165) is 12.0 Å². The Morgan fingerprint density at radius 2 is 2.00 bits per heavy atom. The molecule has 0 spiro atoms. The highest BCUT2D eigenvalue weighted by atomic mass is 32.1. The summed E-state index contributed by atoms with van der Waals surface area (Å²) in [5, 5.41) is 9.13. The van der Waals surface area contributed by atoms with Gasteiger partial charge in [0.1, 0.15) is 22.6 Å². The quantitative estimate of drug-likeness (QED) is 0.493. The molecule has 0 saturated heterocycles. The number of rotatable bonds is 5. The van der Waals surface area contributed by atoms with Crippen LogP contribution in [0.2, 0.25) is 0 Å². The van der Waals surface area contributed by atoms with Crippen LogP contribution >= 0.6 is 11.3 Å². The van der Waals surface area contributed by atoms with Crippen LogP contribution < -0.4 is 5.32 Å². The average Bonchev–Trinajstić information content (AvgIpc) is 3.39. The van der Waals surface area contributed by atoms with Crippen LogP contribution in [0.5, 0.6) is 0 Å². The molecule has 4 rings (SSSR count). The van der Waals surface area contributed by atoms with Gasteiger partial charge in [-0.05, 0) is 30.5 Å². The molecule has 4 aromatic rings. The van der Waals surface area contributed by atoms with Gasteiger partial charge in [-0.3, -0.25) is 4.79 Å². The minimum atomic E-state index is -0.516. The van der Waals surface area contributed by atoms with E-state index >= 15 is 0 Å². The van der Waals surface area contributed by atoms with Gasteiger partial charge >= 0.3 is 5.97 Å². The lowest BCUT2D eigenvalue weighted by Gasteiger charge is -2.09. The van der Waals surface area contributed by atoms with Crippen LogP contribution in [0.15, 0.2) is 42.0 Å². The van der Waals surface area contributed by atoms with Crippen molar-refractivity contribution in [3.05, 3.63) is 64.6 Å². The van der Waals surface area contributed by atoms with Crippen molar-refractivity contribution in [3.63, 3.8) is 0 Å². The second-order valence-corrected chi connectivity index (χ2v) is 7.48. The molecule has 8 nitrogen and oxygen atoms in total. The van der Waals surface area contributed by atoms with Gasteiger partial charge in [-0.15, -0.1) is 11.3 Å². The van der Waals surface area contributed by atoms with E-state index in [2.05, 4.69) is 27.3 Å². The first-order valence-corrected chi connectivity index (χ1v) is 10.2. The minimum absolute atomic E-state index is 0.271. The van der Waals surface area contributed by atoms with E-state index in [1.54, 1.807) is 13.0 Å². The Morgan fingerprint density at radius 3 is 2.70 bits per heavy atom. The van der Waals surface area contributed by atoms with E-state index in [1.165, 1.54) is 34.9 Å². The molecule has 0 fully saturated rings. The third-order valence-corrected chi connectivity index (χ3v) is 5.59. The predicted molar refractivity (Wildman–Crippen MR) is 114 cm³/mol. The summed E-state index contributed by atoms with van der Waals surface area (Å²) in [6.45, 7) is 3.86. The van der Waals surface area contributed by atoms with Crippen LogP contribution in [0.3, 0.4) is 0 Å². The Kier molecular flexibility index (Phi) is 5.28. The van der Waals surface area contributed by atoms with Gasteiger partial charge in [-0.2, -0.15) is 14.6 Å². The number of methoxy groups -OCH3 is 1. The van der Waals surface area contributed by atoms with Gasteiger partial charge in [-0.1, -0.05) is 31.2 Å². The number of aryl methyl sites for hydroxylation is 2. The van der Waals surface area contributed by atoms with Gasteiger partial charge < -0.3 is 10.1 Å². The molecule has 0 aliphatic carbocycles. The molecular weight excluding hydrogens is 402 g/mol. The van der Waals surface area contributed by atoms with Crippen LogP contribution in [-0.2, 0) is 11.2 Å². The van der Waals surface area contributed by atoms with Crippen molar-refractivity contribution in [3.8, 4) is 11.1 Å². The van der Waals surface area contributed by atoms with Crippen molar-refractivity contribution in [2.24, 2.45) is 0 Å². The van der Waals surface area contributed by atoms with Crippen LogP contribution in [0.1, 0.15) is 39.0 Å². The lowest BCUT2D eigenvalue weighted by molar-refractivity contribution is 0.0603. The first kappa shape index (κ1) is 19.7. The summed E-state index contributed by atoms with van der Waals surface area (Å²) in [5.74, 6) is -0.606. The molecule has 3 aromatic heterocycles. The highest BCUT2D eigenvalue weighted by Gasteiger charge is 2.24. The van der Waals surface area contributed by atoms with E-state index in [9.17, 15) is 9.59 Å². The van der Waals surface area contributed by atoms with Crippen LogP contribution in [0.25, 0.3) is 16.9 Å². The number of esters is 1. The highest BCUT2D eigenvalue weighted by Crippen LogP contribution is 2.36. The fourth-order valence-electron chi connectivity index (χ4n) is 3.15. The van der Waals surface area contributed by atoms with E-state index < -0.39 is 11.9 Å². The van der Waals surface area contributed by atoms with Crippen molar-refractivity contribution < 1.29 is 14.3 Å². The number of thiophene rings is 1. The third kappa shape index (κ3) is 3.55. The van der Waals surface area contributed by atoms with Gasteiger partial charge in [0.05, 0.1) is 7.11 Å². The summed E-state index contributed by atoms with van der Waals surface area (Å²) < 4.78 is 6.34. The lowest BCUT2D eigenvalue weighted by Crippen LogP contribution is -2.18. The van der Waals surface area contributed by atoms with Gasteiger partial charge in [0.2, 0.25) is 0 Å². The molecule has 0 bridgehead atoms. The number of anilines is 1. The Balaban J connectivity index is 1.73. The molecule has 0 atom stereocenters. The van der Waals surface area contributed by atoms with E-state index in [4.69, 9.17) is 4.74 Å². The number of nitrogens with zero attached hydrogens (tertiary/aromatic N) is 4. The number of ether oxygens (including phenoxy) is 1. The monoisotopic (exact) mass is 421 g/mol. The lowest BCUT2D eigenvalue weighted by atomic mass is 10.0. The zero-order valence-electron chi connectivity index (χ0n) is 16.7. The first-order chi connectivity index (χ1) is 14.5. The van der Waals surface area contributed by atoms with E-state index in [-0.39, 0.29) is 5.69 Å². The Hall–Kier alpha value is -3.59. The number of carbonyl (C=O) groups excluding carboxylic acids is 2. The molecule has 0 aliphatic heterocycles. The number of nitrogens with one attached hydrogen (secondary N) is 1. The summed E-state index contributed by atoms with van der Waals surface area (Å²) >= 11 is 1.27. The maximum absolute atomic E-state index is 13.0. The Bertz CT molecular complexity index is 1240. The topological polar surface area (TPSA) is 98.5 Å². The normalized spacial score (nSPS) is 10.9. The van der Waals surface area contributed by atoms with Crippen molar-refractivity contribution >= 4 is 34.0 Å². The fraction of sp³-hybridized carbons (Fsp3) is 0.190. The van der Waals surface area contributed by atoms with Crippen LogP contribution in [-0.4, -0.2) is 38.6 Å². The molecular formula is C21H19N5O3S. The SMILES string of the molecule is CCc1ccc(-c2csc(NC(=O)c3cc(C)nc4ncnn34)c2C(=O)OC)cc1. The second-order valence-electron chi connectivity index (χ2n) is 6.60. The van der Waals surface area contributed by atoms with Gasteiger partial charge in [-0.25, -0.2) is 9.78 Å². The Labute approximate surface area is 176 Å². The van der Waals surface area contributed by atoms with Crippen molar-refractivity contribution in [2.75, 3.05) is 12.4 Å². The smallest absolute Gasteiger partial charge is 0.341 e. The number of benzene rings is 1. The number of fused-ring (bicyclic) bond motifs is 1. The Morgan fingerprint density at radius 1 is 1.23 bits per heavy atom. The van der Waals surface area contributed by atoms with Gasteiger partial charge in [0.15, 0.2) is 0 Å². The average molecular weight is 421 g/mol. The molecule has 0 radical (unpaired) electrons. The van der Waals surface area contributed by atoms with Crippen LogP contribution in [0, 0.1) is 6.92 Å². The van der Waals surface area contributed by atoms with Gasteiger partial charge in [0, 0.05) is 16.6 Å². The zero-order valence-corrected chi connectivity index (χ0v) is 17.5. The summed E-state index contributed by atoms with van der Waals surface area (Å²) in [7, 11) is 1.32. The second kappa shape index (κ2) is 8.03. The number of carbonyl (C=O) groups is 2. The highest BCUT2D eigenvalue weighted by molar-refractivity contribution is 7.15. The number of hydrogen-bond donors (Lipinski definition) is 1. The first-order valence-electron chi connectivity index (χ1n) is 9.29. The van der Waals surface area contributed by atoms with Gasteiger partial charge in [0.25, 0.3) is 11.7 Å². The van der Waals surface area contributed by atoms with Crippen LogP contribution in [0.4, 0.5) is 5.00 Å². The molecule has 3 heterocycles. The van der Waals surface area contributed by atoms with E-state index in [1.807, 2.05) is 29.6 Å². The van der Waals surface area contributed by atoms with Crippen molar-refractivity contribution in [1.29, 1.82) is 0 Å². The molecule has 152 valence electrons. The van der Waals surface area contributed by atoms with Crippen molar-refractivity contribution in [1.82, 2.24) is 19.6 Å². The maximum Gasteiger partial charge on any atom is 0.341 e. The molecule has 0 saturated carbocycles. The summed E-state index contributed by atoms with van der Waals surface area (Å²) in [6, 6.07) is 9.59. The number of aromatic nitrogens is 4. The molecule has 1 N–H and O–H groups in total. The fourth-order valence-corrected chi connectivity index (χ4v) is 4.10. The molecule has 0 unspecified atom stereocenters. The molecule has 9 heteroatoms. The summed E-state index contributed by atoms with van der Waals surface area (Å²) in [4.78, 5) is 33.8.